The Bertz CT molecular complexity index is 873. The highest BCUT2D eigenvalue weighted by atomic mass is 16.1. The van der Waals surface area contributed by atoms with Gasteiger partial charge >= 0.3 is 0 Å². The van der Waals surface area contributed by atoms with Gasteiger partial charge in [0, 0.05) is 43.8 Å². The molecular formula is C26H39N5O. The summed E-state index contributed by atoms with van der Waals surface area (Å²) in [5.41, 5.74) is 2.76. The molecule has 0 aromatic heterocycles. The Balaban J connectivity index is 1.78. The van der Waals surface area contributed by atoms with Crippen molar-refractivity contribution in [2.45, 2.75) is 58.8 Å². The third kappa shape index (κ3) is 9.10. The maximum atomic E-state index is 12.4. The van der Waals surface area contributed by atoms with Crippen LogP contribution in [0.15, 0.2) is 59.6 Å². The van der Waals surface area contributed by atoms with Gasteiger partial charge in [0.25, 0.3) is 5.91 Å². The van der Waals surface area contributed by atoms with Crippen LogP contribution in [-0.2, 0) is 13.1 Å². The number of nitrogens with zero attached hydrogens (tertiary/aromatic N) is 2. The van der Waals surface area contributed by atoms with E-state index in [1.54, 1.807) is 7.05 Å². The van der Waals surface area contributed by atoms with E-state index in [9.17, 15) is 4.79 Å². The predicted octanol–water partition coefficient (Wildman–Crippen LogP) is 3.79. The Morgan fingerprint density at radius 1 is 1.03 bits per heavy atom. The number of aliphatic imine (C=N–C) groups is 1. The molecule has 1 amide bonds. The summed E-state index contributed by atoms with van der Waals surface area (Å²) in [7, 11) is 3.93. The zero-order valence-electron chi connectivity index (χ0n) is 20.4. The summed E-state index contributed by atoms with van der Waals surface area (Å²) in [5.74, 6) is 0.697. The van der Waals surface area contributed by atoms with Gasteiger partial charge in [0.05, 0.1) is 0 Å². The Morgan fingerprint density at radius 2 is 1.72 bits per heavy atom. The third-order valence-electron chi connectivity index (χ3n) is 5.24. The zero-order chi connectivity index (χ0) is 23.6. The van der Waals surface area contributed by atoms with Crippen LogP contribution in [0.4, 0.5) is 0 Å². The lowest BCUT2D eigenvalue weighted by Crippen LogP contribution is -2.40. The van der Waals surface area contributed by atoms with Crippen molar-refractivity contribution in [2.75, 3.05) is 20.6 Å². The lowest BCUT2D eigenvalue weighted by Gasteiger charge is -2.25. The molecule has 32 heavy (non-hydrogen) atoms. The second-order valence-corrected chi connectivity index (χ2v) is 9.30. The van der Waals surface area contributed by atoms with Crippen LogP contribution in [0.3, 0.4) is 0 Å². The molecule has 1 unspecified atom stereocenters. The van der Waals surface area contributed by atoms with Gasteiger partial charge in [0.1, 0.15) is 0 Å². The monoisotopic (exact) mass is 437 g/mol. The van der Waals surface area contributed by atoms with Crippen LogP contribution >= 0.6 is 0 Å². The number of hydrogen-bond donors (Lipinski definition) is 3. The van der Waals surface area contributed by atoms with E-state index < -0.39 is 0 Å². The van der Waals surface area contributed by atoms with Gasteiger partial charge in [-0.25, -0.2) is 0 Å². The van der Waals surface area contributed by atoms with Crippen molar-refractivity contribution in [3.05, 3.63) is 71.3 Å². The van der Waals surface area contributed by atoms with Crippen LogP contribution in [-0.4, -0.2) is 49.0 Å². The molecule has 0 spiro atoms. The lowest BCUT2D eigenvalue weighted by atomic mass is 10.1. The van der Waals surface area contributed by atoms with Crippen molar-refractivity contribution in [2.24, 2.45) is 4.99 Å². The molecule has 6 nitrogen and oxygen atoms in total. The molecule has 3 N–H and O–H groups in total. The average Bonchev–Trinajstić information content (AvgIpc) is 2.75. The summed E-state index contributed by atoms with van der Waals surface area (Å²) in [4.78, 5) is 19.1. The van der Waals surface area contributed by atoms with Gasteiger partial charge in [-0.15, -0.1) is 0 Å². The SMILES string of the molecule is CN=C(NCCC(C)N(C)Cc1ccccc1)NCc1cccc(C(=O)NC(C)(C)C)c1. The molecule has 1 atom stereocenters. The summed E-state index contributed by atoms with van der Waals surface area (Å²) in [6.07, 6.45) is 1.01. The molecule has 2 aromatic carbocycles. The van der Waals surface area contributed by atoms with Crippen LogP contribution in [0, 0.1) is 0 Å². The van der Waals surface area contributed by atoms with Crippen molar-refractivity contribution in [3.8, 4) is 0 Å². The van der Waals surface area contributed by atoms with Gasteiger partial charge in [0.2, 0.25) is 0 Å². The number of nitrogens with one attached hydrogen (secondary N) is 3. The Kier molecular flexibility index (Phi) is 9.72. The fourth-order valence-electron chi connectivity index (χ4n) is 3.29. The quantitative estimate of drug-likeness (QED) is 0.412. The van der Waals surface area contributed by atoms with E-state index in [0.717, 1.165) is 31.0 Å². The normalized spacial score (nSPS) is 13.0. The highest BCUT2D eigenvalue weighted by Crippen LogP contribution is 2.09. The van der Waals surface area contributed by atoms with Crippen molar-refractivity contribution < 1.29 is 4.79 Å². The molecule has 0 aliphatic rings. The Morgan fingerprint density at radius 3 is 2.38 bits per heavy atom. The number of rotatable bonds is 9. The smallest absolute Gasteiger partial charge is 0.251 e. The van der Waals surface area contributed by atoms with Gasteiger partial charge in [-0.3, -0.25) is 14.7 Å². The first-order valence-corrected chi connectivity index (χ1v) is 11.3. The van der Waals surface area contributed by atoms with Crippen molar-refractivity contribution in [1.29, 1.82) is 0 Å². The van der Waals surface area contributed by atoms with E-state index in [4.69, 9.17) is 0 Å². The van der Waals surface area contributed by atoms with Gasteiger partial charge < -0.3 is 16.0 Å². The van der Waals surface area contributed by atoms with E-state index in [1.807, 2.05) is 51.1 Å². The zero-order valence-corrected chi connectivity index (χ0v) is 20.4. The average molecular weight is 438 g/mol. The summed E-state index contributed by atoms with van der Waals surface area (Å²) in [5, 5.41) is 9.73. The van der Waals surface area contributed by atoms with E-state index >= 15 is 0 Å². The van der Waals surface area contributed by atoms with Gasteiger partial charge in [0.15, 0.2) is 5.96 Å². The Hall–Kier alpha value is -2.86. The molecule has 0 bridgehead atoms. The highest BCUT2D eigenvalue weighted by Gasteiger charge is 2.15. The molecule has 0 heterocycles. The van der Waals surface area contributed by atoms with E-state index in [0.29, 0.717) is 18.2 Å². The van der Waals surface area contributed by atoms with Crippen LogP contribution in [0.2, 0.25) is 0 Å². The highest BCUT2D eigenvalue weighted by molar-refractivity contribution is 5.94. The van der Waals surface area contributed by atoms with Crippen LogP contribution < -0.4 is 16.0 Å². The first kappa shape index (κ1) is 25.4. The summed E-state index contributed by atoms with van der Waals surface area (Å²) < 4.78 is 0. The molecule has 2 aromatic rings. The second kappa shape index (κ2) is 12.2. The minimum Gasteiger partial charge on any atom is -0.356 e. The van der Waals surface area contributed by atoms with E-state index in [-0.39, 0.29) is 11.4 Å². The lowest BCUT2D eigenvalue weighted by molar-refractivity contribution is 0.0919. The van der Waals surface area contributed by atoms with Crippen molar-refractivity contribution in [1.82, 2.24) is 20.9 Å². The molecule has 0 fully saturated rings. The maximum absolute atomic E-state index is 12.4. The molecule has 0 saturated heterocycles. The van der Waals surface area contributed by atoms with Crippen molar-refractivity contribution in [3.63, 3.8) is 0 Å². The number of benzene rings is 2. The second-order valence-electron chi connectivity index (χ2n) is 9.30. The molecule has 0 radical (unpaired) electrons. The fraction of sp³-hybridized carbons (Fsp3) is 0.462. The van der Waals surface area contributed by atoms with Crippen LogP contribution in [0.1, 0.15) is 55.6 Å². The molecule has 2 rings (SSSR count). The van der Waals surface area contributed by atoms with Gasteiger partial charge in [-0.05, 0) is 64.4 Å². The van der Waals surface area contributed by atoms with Crippen LogP contribution in [0.25, 0.3) is 0 Å². The number of carbonyl (C=O) groups excluding carboxylic acids is 1. The minimum atomic E-state index is -0.260. The summed E-state index contributed by atoms with van der Waals surface area (Å²) >= 11 is 0. The minimum absolute atomic E-state index is 0.0598. The largest absolute Gasteiger partial charge is 0.356 e. The number of carbonyl (C=O) groups is 1. The van der Waals surface area contributed by atoms with Crippen molar-refractivity contribution >= 4 is 11.9 Å². The summed E-state index contributed by atoms with van der Waals surface area (Å²) in [6.45, 7) is 10.5. The number of amides is 1. The first-order valence-electron chi connectivity index (χ1n) is 11.3. The third-order valence-corrected chi connectivity index (χ3v) is 5.24. The molecule has 0 aliphatic carbocycles. The molecular weight excluding hydrogens is 398 g/mol. The van der Waals surface area contributed by atoms with E-state index in [2.05, 4.69) is 64.1 Å². The van der Waals surface area contributed by atoms with E-state index in [1.165, 1.54) is 5.56 Å². The predicted molar refractivity (Wildman–Crippen MR) is 134 cm³/mol. The topological polar surface area (TPSA) is 68.8 Å². The molecule has 174 valence electrons. The van der Waals surface area contributed by atoms with Gasteiger partial charge in [-0.1, -0.05) is 42.5 Å². The van der Waals surface area contributed by atoms with Crippen LogP contribution in [0.5, 0.6) is 0 Å². The first-order chi connectivity index (χ1) is 15.2. The number of guanidine groups is 1. The fourth-order valence-corrected chi connectivity index (χ4v) is 3.29. The molecule has 6 heteroatoms. The summed E-state index contributed by atoms with van der Waals surface area (Å²) in [6, 6.07) is 18.7. The standard InChI is InChI=1S/C26H39N5O/c1-20(31(6)19-21-11-8-7-9-12-21)15-16-28-25(27-5)29-18-22-13-10-14-23(17-22)24(32)30-26(2,3)4/h7-14,17,20H,15-16,18-19H2,1-6H3,(H,30,32)(H2,27,28,29). The molecule has 0 aliphatic heterocycles. The Labute approximate surface area is 193 Å². The molecule has 0 saturated carbocycles. The number of hydrogen-bond acceptors (Lipinski definition) is 3. The maximum Gasteiger partial charge on any atom is 0.251 e. The van der Waals surface area contributed by atoms with Gasteiger partial charge in [-0.2, -0.15) is 0 Å².